The van der Waals surface area contributed by atoms with Crippen molar-refractivity contribution in [3.8, 4) is 0 Å². The normalized spacial score (nSPS) is 12.5. The summed E-state index contributed by atoms with van der Waals surface area (Å²) in [5.74, 6) is -0.870. The fraction of sp³-hybridized carbons (Fsp3) is 0.786. The number of allylic oxidation sites excluding steroid dienone is 12. The molecule has 0 aliphatic carbocycles. The monoisotopic (exact) mass is 1060 g/mol. The van der Waals surface area contributed by atoms with Gasteiger partial charge in [-0.3, -0.25) is 14.4 Å². The maximum Gasteiger partial charge on any atom is 0.306 e. The van der Waals surface area contributed by atoms with Gasteiger partial charge in [-0.25, -0.2) is 0 Å². The average Bonchev–Trinajstić information content (AvgIpc) is 3.42. The molecule has 0 heterocycles. The maximum atomic E-state index is 12.9. The molecule has 0 aromatic carbocycles. The van der Waals surface area contributed by atoms with E-state index < -0.39 is 6.10 Å². The summed E-state index contributed by atoms with van der Waals surface area (Å²) >= 11 is 0. The molecule has 0 aliphatic heterocycles. The summed E-state index contributed by atoms with van der Waals surface area (Å²) in [4.78, 5) is 38.4. The highest BCUT2D eigenvalue weighted by Gasteiger charge is 2.19. The first-order chi connectivity index (χ1) is 37.5. The molecule has 0 spiro atoms. The van der Waals surface area contributed by atoms with Crippen molar-refractivity contribution in [3.63, 3.8) is 0 Å². The number of hydrogen-bond acceptors (Lipinski definition) is 6. The summed E-state index contributed by atoms with van der Waals surface area (Å²) in [5, 5.41) is 0. The summed E-state index contributed by atoms with van der Waals surface area (Å²) in [5.41, 5.74) is 0. The number of rotatable bonds is 60. The van der Waals surface area contributed by atoms with E-state index in [1.807, 2.05) is 0 Å². The zero-order chi connectivity index (χ0) is 55.0. The minimum atomic E-state index is -0.781. The molecule has 1 atom stereocenters. The fourth-order valence-corrected chi connectivity index (χ4v) is 9.53. The van der Waals surface area contributed by atoms with Crippen molar-refractivity contribution in [2.24, 2.45) is 0 Å². The predicted molar refractivity (Wildman–Crippen MR) is 330 cm³/mol. The molecule has 0 saturated heterocycles. The molecule has 0 aliphatic rings. The molecule has 6 nitrogen and oxygen atoms in total. The zero-order valence-electron chi connectivity index (χ0n) is 50.5. The van der Waals surface area contributed by atoms with Crippen LogP contribution in [0.15, 0.2) is 72.9 Å². The second-order valence-corrected chi connectivity index (χ2v) is 22.0. The second kappa shape index (κ2) is 64.4. The second-order valence-electron chi connectivity index (χ2n) is 22.0. The Morgan fingerprint density at radius 3 is 0.803 bits per heavy atom. The van der Waals surface area contributed by atoms with Crippen molar-refractivity contribution in [3.05, 3.63) is 72.9 Å². The number of carbonyl (C=O) groups is 3. The standard InChI is InChI=1S/C70H124O6/c1-4-7-10-13-16-19-22-25-28-31-33-35-37-39-42-45-48-51-54-57-60-63-69(72)75-66-67(65-74-68(71)62-59-56-53-50-47-44-41-30-27-24-21-18-15-12-9-6-3)76-70(73)64-61-58-55-52-49-46-43-40-38-36-34-32-29-26-23-20-17-14-11-8-5-2/h7,10,16,19,23,25-26,28,32-35,67H,4-6,8-9,11-15,17-18,20-22,24,27,29-31,36-66H2,1-3H3/b10-7-,19-16-,26-23-,28-25-,34-32-,35-33-. The molecule has 0 aromatic heterocycles. The van der Waals surface area contributed by atoms with Gasteiger partial charge in [0.15, 0.2) is 6.10 Å². The van der Waals surface area contributed by atoms with E-state index in [0.717, 1.165) is 96.3 Å². The number of ether oxygens (including phenoxy) is 3. The Bertz CT molecular complexity index is 1400. The van der Waals surface area contributed by atoms with E-state index in [-0.39, 0.29) is 31.1 Å². The topological polar surface area (TPSA) is 78.9 Å². The van der Waals surface area contributed by atoms with E-state index >= 15 is 0 Å². The van der Waals surface area contributed by atoms with E-state index in [0.29, 0.717) is 19.3 Å². The first kappa shape index (κ1) is 72.8. The van der Waals surface area contributed by atoms with E-state index in [9.17, 15) is 14.4 Å². The van der Waals surface area contributed by atoms with Gasteiger partial charge in [0, 0.05) is 19.3 Å². The minimum Gasteiger partial charge on any atom is -0.462 e. The number of hydrogen-bond donors (Lipinski definition) is 0. The molecule has 0 bridgehead atoms. The van der Waals surface area contributed by atoms with Crippen LogP contribution in [0.2, 0.25) is 0 Å². The van der Waals surface area contributed by atoms with Crippen LogP contribution < -0.4 is 0 Å². The smallest absolute Gasteiger partial charge is 0.306 e. The van der Waals surface area contributed by atoms with E-state index in [2.05, 4.69) is 93.7 Å². The summed E-state index contributed by atoms with van der Waals surface area (Å²) in [6.07, 6.45) is 83.3. The lowest BCUT2D eigenvalue weighted by Crippen LogP contribution is -2.30. The quantitative estimate of drug-likeness (QED) is 0.0261. The van der Waals surface area contributed by atoms with Gasteiger partial charge in [-0.05, 0) is 89.9 Å². The predicted octanol–water partition coefficient (Wildman–Crippen LogP) is 22.5. The molecule has 76 heavy (non-hydrogen) atoms. The molecule has 0 fully saturated rings. The Morgan fingerprint density at radius 2 is 0.513 bits per heavy atom. The lowest BCUT2D eigenvalue weighted by molar-refractivity contribution is -0.167. The van der Waals surface area contributed by atoms with Gasteiger partial charge < -0.3 is 14.2 Å². The third-order valence-corrected chi connectivity index (χ3v) is 14.4. The fourth-order valence-electron chi connectivity index (χ4n) is 9.53. The van der Waals surface area contributed by atoms with Crippen molar-refractivity contribution in [2.75, 3.05) is 13.2 Å². The van der Waals surface area contributed by atoms with Gasteiger partial charge in [0.25, 0.3) is 0 Å². The molecule has 0 saturated carbocycles. The first-order valence-corrected chi connectivity index (χ1v) is 32.9. The first-order valence-electron chi connectivity index (χ1n) is 32.9. The summed E-state index contributed by atoms with van der Waals surface area (Å²) in [6.45, 7) is 6.56. The maximum absolute atomic E-state index is 12.9. The Morgan fingerprint density at radius 1 is 0.276 bits per heavy atom. The highest BCUT2D eigenvalue weighted by atomic mass is 16.6. The SMILES string of the molecule is CC/C=C\C/C=C\C/C=C\C/C=C\CCCCCCCCCCC(=O)OCC(COC(=O)CCCCCCCCCCCCCCCCCC)OC(=O)CCCCCCCCCCC/C=C\C/C=C\CCCCCCC. The Kier molecular flexibility index (Phi) is 61.7. The van der Waals surface area contributed by atoms with Crippen LogP contribution >= 0.6 is 0 Å². The van der Waals surface area contributed by atoms with E-state index in [1.54, 1.807) is 0 Å². The molecule has 440 valence electrons. The van der Waals surface area contributed by atoms with Gasteiger partial charge in [0.05, 0.1) is 0 Å². The summed E-state index contributed by atoms with van der Waals surface area (Å²) < 4.78 is 17.0. The molecular formula is C70H124O6. The third-order valence-electron chi connectivity index (χ3n) is 14.4. The molecule has 6 heteroatoms. The van der Waals surface area contributed by atoms with Gasteiger partial charge in [-0.2, -0.15) is 0 Å². The van der Waals surface area contributed by atoms with Crippen LogP contribution in [0.5, 0.6) is 0 Å². The van der Waals surface area contributed by atoms with E-state index in [1.165, 1.54) is 199 Å². The van der Waals surface area contributed by atoms with Gasteiger partial charge in [-0.1, -0.05) is 299 Å². The molecule has 0 radical (unpaired) electrons. The lowest BCUT2D eigenvalue weighted by atomic mass is 10.0. The van der Waals surface area contributed by atoms with Gasteiger partial charge >= 0.3 is 17.9 Å². The number of esters is 3. The molecule has 0 rings (SSSR count). The Balaban J connectivity index is 4.37. The lowest BCUT2D eigenvalue weighted by Gasteiger charge is -2.18. The third kappa shape index (κ3) is 61.7. The minimum absolute atomic E-state index is 0.0763. The van der Waals surface area contributed by atoms with Crippen molar-refractivity contribution >= 4 is 17.9 Å². The molecule has 0 aromatic rings. The van der Waals surface area contributed by atoms with Crippen LogP contribution in [0.3, 0.4) is 0 Å². The zero-order valence-corrected chi connectivity index (χ0v) is 50.5. The average molecular weight is 1060 g/mol. The van der Waals surface area contributed by atoms with Crippen molar-refractivity contribution in [1.29, 1.82) is 0 Å². The highest BCUT2D eigenvalue weighted by molar-refractivity contribution is 5.71. The van der Waals surface area contributed by atoms with Crippen molar-refractivity contribution in [1.82, 2.24) is 0 Å². The van der Waals surface area contributed by atoms with Gasteiger partial charge in [0.2, 0.25) is 0 Å². The van der Waals surface area contributed by atoms with Crippen LogP contribution in [0.4, 0.5) is 0 Å². The molecule has 0 amide bonds. The van der Waals surface area contributed by atoms with Crippen LogP contribution in [-0.4, -0.2) is 37.2 Å². The van der Waals surface area contributed by atoms with Crippen LogP contribution in [0, 0.1) is 0 Å². The molecule has 1 unspecified atom stereocenters. The van der Waals surface area contributed by atoms with Crippen LogP contribution in [0.25, 0.3) is 0 Å². The van der Waals surface area contributed by atoms with Gasteiger partial charge in [0.1, 0.15) is 13.2 Å². The number of unbranched alkanes of at least 4 members (excludes halogenated alkanes) is 37. The molecular weight excluding hydrogens is 937 g/mol. The summed E-state index contributed by atoms with van der Waals surface area (Å²) in [7, 11) is 0. The Labute approximate surface area is 472 Å². The van der Waals surface area contributed by atoms with Crippen LogP contribution in [0.1, 0.15) is 335 Å². The van der Waals surface area contributed by atoms with Gasteiger partial charge in [-0.15, -0.1) is 0 Å². The summed E-state index contributed by atoms with van der Waals surface area (Å²) in [6, 6.07) is 0. The van der Waals surface area contributed by atoms with Crippen LogP contribution in [-0.2, 0) is 28.6 Å². The van der Waals surface area contributed by atoms with E-state index in [4.69, 9.17) is 14.2 Å². The van der Waals surface area contributed by atoms with Crippen molar-refractivity contribution in [2.45, 2.75) is 341 Å². The highest BCUT2D eigenvalue weighted by Crippen LogP contribution is 2.17. The van der Waals surface area contributed by atoms with Crippen molar-refractivity contribution < 1.29 is 28.6 Å². The molecule has 0 N–H and O–H groups in total. The number of carbonyl (C=O) groups excluding carboxylic acids is 3. The Hall–Kier alpha value is -3.15. The largest absolute Gasteiger partial charge is 0.462 e.